The number of hydrogen-bond acceptors (Lipinski definition) is 4. The van der Waals surface area contributed by atoms with Crippen molar-refractivity contribution < 1.29 is 29.4 Å². The van der Waals surface area contributed by atoms with Crippen molar-refractivity contribution in [3.05, 3.63) is 0 Å². The molecule has 2 atom stereocenters. The number of aliphatic carboxylic acids is 2. The SMILES string of the molecule is CCCCCCCCCCCCCCCCCC(=O)CC(CCC(=O)NC(CCC)C(=O)O)C(=O)O. The molecule has 7 heteroatoms. The molecule has 0 aliphatic carbocycles. The quantitative estimate of drug-likeness (QED) is 0.107. The van der Waals surface area contributed by atoms with Gasteiger partial charge in [0.05, 0.1) is 5.92 Å². The second-order valence-corrected chi connectivity index (χ2v) is 10.3. The van der Waals surface area contributed by atoms with Crippen molar-refractivity contribution in [3.63, 3.8) is 0 Å². The molecule has 1 amide bonds. The first-order valence-electron chi connectivity index (χ1n) is 14.6. The zero-order chi connectivity index (χ0) is 27.0. The Morgan fingerprint density at radius 2 is 1.06 bits per heavy atom. The Morgan fingerprint density at radius 1 is 0.583 bits per heavy atom. The molecule has 0 saturated heterocycles. The molecule has 7 nitrogen and oxygen atoms in total. The monoisotopic (exact) mass is 511 g/mol. The molecule has 0 fully saturated rings. The third-order valence-electron chi connectivity index (χ3n) is 6.81. The van der Waals surface area contributed by atoms with E-state index in [4.69, 9.17) is 5.11 Å². The van der Waals surface area contributed by atoms with Crippen LogP contribution in [-0.4, -0.2) is 39.9 Å². The number of carbonyl (C=O) groups is 4. The Morgan fingerprint density at radius 3 is 1.47 bits per heavy atom. The zero-order valence-electron chi connectivity index (χ0n) is 23.0. The number of ketones is 1. The van der Waals surface area contributed by atoms with E-state index in [1.54, 1.807) is 0 Å². The Bertz CT molecular complexity index is 607. The summed E-state index contributed by atoms with van der Waals surface area (Å²) in [5.41, 5.74) is 0. The summed E-state index contributed by atoms with van der Waals surface area (Å²) in [7, 11) is 0. The molecule has 2 unspecified atom stereocenters. The summed E-state index contributed by atoms with van der Waals surface area (Å²) in [5, 5.41) is 21.0. The van der Waals surface area contributed by atoms with Crippen molar-refractivity contribution in [1.82, 2.24) is 5.32 Å². The van der Waals surface area contributed by atoms with Crippen molar-refractivity contribution >= 4 is 23.6 Å². The number of carboxylic acid groups (broad SMARTS) is 2. The lowest BCUT2D eigenvalue weighted by Crippen LogP contribution is -2.40. The number of amides is 1. The predicted molar refractivity (Wildman–Crippen MR) is 144 cm³/mol. The van der Waals surface area contributed by atoms with Gasteiger partial charge in [-0.2, -0.15) is 0 Å². The van der Waals surface area contributed by atoms with Crippen LogP contribution >= 0.6 is 0 Å². The van der Waals surface area contributed by atoms with Crippen LogP contribution < -0.4 is 5.32 Å². The van der Waals surface area contributed by atoms with Gasteiger partial charge < -0.3 is 15.5 Å². The van der Waals surface area contributed by atoms with Crippen LogP contribution in [0.5, 0.6) is 0 Å². The van der Waals surface area contributed by atoms with Crippen LogP contribution in [-0.2, 0) is 19.2 Å². The number of Topliss-reactive ketones (excluding diaryl/α,β-unsaturated/α-hetero) is 1. The standard InChI is InChI=1S/C29H53NO6/c1-3-5-6-7-8-9-10-11-12-13-14-15-16-17-18-20-25(31)23-24(28(33)34)21-22-27(32)30-26(19-4-2)29(35)36/h24,26H,3-23H2,1-2H3,(H,30,32)(H,33,34)(H,35,36). The third-order valence-corrected chi connectivity index (χ3v) is 6.81. The average molecular weight is 512 g/mol. The highest BCUT2D eigenvalue weighted by atomic mass is 16.4. The molecule has 0 aromatic rings. The molecule has 210 valence electrons. The number of carbonyl (C=O) groups excluding carboxylic acids is 2. The highest BCUT2D eigenvalue weighted by Crippen LogP contribution is 2.17. The minimum atomic E-state index is -1.10. The molecule has 0 rings (SSSR count). The van der Waals surface area contributed by atoms with Gasteiger partial charge in [-0.05, 0) is 19.3 Å². The fourth-order valence-corrected chi connectivity index (χ4v) is 4.50. The smallest absolute Gasteiger partial charge is 0.326 e. The van der Waals surface area contributed by atoms with Crippen molar-refractivity contribution in [3.8, 4) is 0 Å². The van der Waals surface area contributed by atoms with Gasteiger partial charge in [-0.1, -0.05) is 110 Å². The largest absolute Gasteiger partial charge is 0.481 e. The third kappa shape index (κ3) is 20.3. The van der Waals surface area contributed by atoms with Crippen molar-refractivity contribution in [1.29, 1.82) is 0 Å². The molecule has 0 aromatic heterocycles. The van der Waals surface area contributed by atoms with Crippen LogP contribution in [0.1, 0.15) is 149 Å². The molecule has 0 bridgehead atoms. The van der Waals surface area contributed by atoms with Crippen LogP contribution in [0.2, 0.25) is 0 Å². The second kappa shape index (κ2) is 23.5. The van der Waals surface area contributed by atoms with Gasteiger partial charge >= 0.3 is 11.9 Å². The summed E-state index contributed by atoms with van der Waals surface area (Å²) in [6.07, 6.45) is 20.0. The van der Waals surface area contributed by atoms with Crippen LogP contribution in [0.15, 0.2) is 0 Å². The predicted octanol–water partition coefficient (Wildman–Crippen LogP) is 7.06. The minimum absolute atomic E-state index is 0.0320. The lowest BCUT2D eigenvalue weighted by atomic mass is 9.94. The lowest BCUT2D eigenvalue weighted by molar-refractivity contribution is -0.145. The summed E-state index contributed by atoms with van der Waals surface area (Å²) in [6.45, 7) is 4.08. The number of hydrogen-bond donors (Lipinski definition) is 3. The summed E-state index contributed by atoms with van der Waals surface area (Å²) >= 11 is 0. The van der Waals surface area contributed by atoms with Crippen LogP contribution in [0.25, 0.3) is 0 Å². The van der Waals surface area contributed by atoms with E-state index in [9.17, 15) is 24.3 Å². The van der Waals surface area contributed by atoms with Crippen molar-refractivity contribution in [2.45, 2.75) is 155 Å². The van der Waals surface area contributed by atoms with Crippen molar-refractivity contribution in [2.75, 3.05) is 0 Å². The van der Waals surface area contributed by atoms with Crippen LogP contribution in [0.4, 0.5) is 0 Å². The molecule has 0 aliphatic rings. The first-order chi connectivity index (χ1) is 17.3. The Balaban J connectivity index is 3.83. The Labute approximate surface area is 219 Å². The fourth-order valence-electron chi connectivity index (χ4n) is 4.50. The highest BCUT2D eigenvalue weighted by molar-refractivity contribution is 5.85. The summed E-state index contributed by atoms with van der Waals surface area (Å²) in [4.78, 5) is 46.9. The van der Waals surface area contributed by atoms with E-state index < -0.39 is 29.8 Å². The fraction of sp³-hybridized carbons (Fsp3) is 0.862. The first kappa shape index (κ1) is 34.1. The van der Waals surface area contributed by atoms with E-state index in [-0.39, 0.29) is 25.0 Å². The summed E-state index contributed by atoms with van der Waals surface area (Å²) < 4.78 is 0. The van der Waals surface area contributed by atoms with E-state index in [0.29, 0.717) is 19.3 Å². The number of rotatable bonds is 26. The maximum absolute atomic E-state index is 12.2. The van der Waals surface area contributed by atoms with E-state index in [2.05, 4.69) is 12.2 Å². The van der Waals surface area contributed by atoms with Gasteiger partial charge in [-0.25, -0.2) is 4.79 Å². The summed E-state index contributed by atoms with van der Waals surface area (Å²) in [5.74, 6) is -3.66. The van der Waals surface area contributed by atoms with Gasteiger partial charge in [-0.3, -0.25) is 14.4 Å². The molecule has 0 radical (unpaired) electrons. The van der Waals surface area contributed by atoms with E-state index in [1.807, 2.05) is 6.92 Å². The maximum atomic E-state index is 12.2. The van der Waals surface area contributed by atoms with Gasteiger partial charge in [0.2, 0.25) is 5.91 Å². The molecule has 0 spiro atoms. The Hall–Kier alpha value is -1.92. The molecule has 0 aliphatic heterocycles. The average Bonchev–Trinajstić information content (AvgIpc) is 2.83. The minimum Gasteiger partial charge on any atom is -0.481 e. The maximum Gasteiger partial charge on any atom is 0.326 e. The van der Waals surface area contributed by atoms with Crippen LogP contribution in [0.3, 0.4) is 0 Å². The van der Waals surface area contributed by atoms with Gasteiger partial charge in [0.25, 0.3) is 0 Å². The highest BCUT2D eigenvalue weighted by Gasteiger charge is 2.24. The van der Waals surface area contributed by atoms with Gasteiger partial charge in [-0.15, -0.1) is 0 Å². The Kier molecular flexibility index (Phi) is 22.2. The van der Waals surface area contributed by atoms with E-state index in [1.165, 1.54) is 77.0 Å². The normalized spacial score (nSPS) is 12.7. The van der Waals surface area contributed by atoms with Gasteiger partial charge in [0, 0.05) is 19.3 Å². The van der Waals surface area contributed by atoms with E-state index in [0.717, 1.165) is 19.3 Å². The van der Waals surface area contributed by atoms with Gasteiger partial charge in [0.1, 0.15) is 11.8 Å². The van der Waals surface area contributed by atoms with Crippen LogP contribution in [0, 0.1) is 5.92 Å². The summed E-state index contributed by atoms with van der Waals surface area (Å²) in [6, 6.07) is -0.961. The van der Waals surface area contributed by atoms with Crippen molar-refractivity contribution in [2.24, 2.45) is 5.92 Å². The lowest BCUT2D eigenvalue weighted by Gasteiger charge is -2.15. The molecule has 0 aromatic carbocycles. The first-order valence-corrected chi connectivity index (χ1v) is 14.6. The number of unbranched alkanes of at least 4 members (excludes halogenated alkanes) is 14. The molecule has 3 N–H and O–H groups in total. The zero-order valence-corrected chi connectivity index (χ0v) is 23.0. The molecule has 0 heterocycles. The number of carboxylic acids is 2. The number of nitrogens with one attached hydrogen (secondary N) is 1. The molecule has 0 saturated carbocycles. The van der Waals surface area contributed by atoms with Gasteiger partial charge in [0.15, 0.2) is 0 Å². The van der Waals surface area contributed by atoms with E-state index >= 15 is 0 Å². The topological polar surface area (TPSA) is 121 Å². The molecular weight excluding hydrogens is 458 g/mol. The molecule has 36 heavy (non-hydrogen) atoms. The molecular formula is C29H53NO6. The second-order valence-electron chi connectivity index (χ2n) is 10.3.